The third-order valence-electron chi connectivity index (χ3n) is 2.06. The molecule has 0 atom stereocenters. The Bertz CT molecular complexity index is 701. The van der Waals surface area contributed by atoms with Gasteiger partial charge in [0.25, 0.3) is 0 Å². The van der Waals surface area contributed by atoms with Gasteiger partial charge in [-0.2, -0.15) is 4.37 Å². The highest BCUT2D eigenvalue weighted by Crippen LogP contribution is 2.31. The van der Waals surface area contributed by atoms with Gasteiger partial charge in [0.15, 0.2) is 9.82 Å². The number of methoxy groups -OCH3 is 1. The zero-order valence-electron chi connectivity index (χ0n) is 9.32. The number of aromatic nitrogens is 1. The van der Waals surface area contributed by atoms with Crippen molar-refractivity contribution < 1.29 is 13.9 Å². The SMILES string of the molecule is COC(=O)c1cc(F)cc(Br)c1N=c1ssnc1Cl. The highest BCUT2D eigenvalue weighted by atomic mass is 79.9. The second-order valence-electron chi connectivity index (χ2n) is 3.23. The van der Waals surface area contributed by atoms with E-state index in [4.69, 9.17) is 11.6 Å². The lowest BCUT2D eigenvalue weighted by molar-refractivity contribution is 0.0601. The number of esters is 1. The van der Waals surface area contributed by atoms with Gasteiger partial charge in [-0.1, -0.05) is 11.6 Å². The van der Waals surface area contributed by atoms with E-state index in [1.807, 2.05) is 0 Å². The summed E-state index contributed by atoms with van der Waals surface area (Å²) >= 11 is 9.02. The normalized spacial score (nSPS) is 11.7. The number of nitrogens with zero attached hydrogens (tertiary/aromatic N) is 2. The van der Waals surface area contributed by atoms with Gasteiger partial charge in [-0.25, -0.2) is 14.2 Å². The van der Waals surface area contributed by atoms with Crippen molar-refractivity contribution in [3.05, 3.63) is 37.8 Å². The fourth-order valence-corrected chi connectivity index (χ4v) is 3.77. The lowest BCUT2D eigenvalue weighted by Gasteiger charge is -2.05. The van der Waals surface area contributed by atoms with Gasteiger partial charge in [-0.05, 0) is 38.4 Å². The van der Waals surface area contributed by atoms with Crippen LogP contribution in [0.3, 0.4) is 0 Å². The molecular formula is C10H5BrClFN2O2S2. The first-order chi connectivity index (χ1) is 9.02. The van der Waals surface area contributed by atoms with Gasteiger partial charge < -0.3 is 4.74 Å². The molecule has 0 radical (unpaired) electrons. The van der Waals surface area contributed by atoms with Crippen LogP contribution < -0.4 is 4.67 Å². The Morgan fingerprint density at radius 3 is 2.89 bits per heavy atom. The second kappa shape index (κ2) is 6.08. The fraction of sp³-hybridized carbons (Fsp3) is 0.100. The lowest BCUT2D eigenvalue weighted by Crippen LogP contribution is -2.04. The molecule has 2 aromatic rings. The maximum Gasteiger partial charge on any atom is 0.340 e. The molecule has 0 aliphatic carbocycles. The number of hydrogen-bond donors (Lipinski definition) is 0. The minimum absolute atomic E-state index is 0.0174. The van der Waals surface area contributed by atoms with Crippen molar-refractivity contribution in [1.82, 2.24) is 4.37 Å². The van der Waals surface area contributed by atoms with E-state index < -0.39 is 11.8 Å². The average Bonchev–Trinajstić information content (AvgIpc) is 2.77. The summed E-state index contributed by atoms with van der Waals surface area (Å²) in [6.07, 6.45) is 0. The van der Waals surface area contributed by atoms with E-state index in [-0.39, 0.29) is 16.4 Å². The Labute approximate surface area is 128 Å². The van der Waals surface area contributed by atoms with Crippen LogP contribution in [0.5, 0.6) is 0 Å². The zero-order chi connectivity index (χ0) is 14.0. The van der Waals surface area contributed by atoms with Crippen LogP contribution in [-0.4, -0.2) is 17.5 Å². The Hall–Kier alpha value is -0.830. The van der Waals surface area contributed by atoms with Crippen molar-refractivity contribution in [3.63, 3.8) is 0 Å². The number of carbonyl (C=O) groups is 1. The minimum atomic E-state index is -0.678. The van der Waals surface area contributed by atoms with Gasteiger partial charge in [0, 0.05) is 15.0 Å². The molecule has 19 heavy (non-hydrogen) atoms. The molecule has 0 aliphatic rings. The first-order valence-electron chi connectivity index (χ1n) is 4.76. The molecule has 1 aromatic heterocycles. The van der Waals surface area contributed by atoms with Crippen molar-refractivity contribution in [2.75, 3.05) is 7.11 Å². The van der Waals surface area contributed by atoms with Gasteiger partial charge in [-0.15, -0.1) is 0 Å². The van der Waals surface area contributed by atoms with Crippen molar-refractivity contribution in [1.29, 1.82) is 0 Å². The van der Waals surface area contributed by atoms with E-state index in [9.17, 15) is 9.18 Å². The van der Waals surface area contributed by atoms with Crippen molar-refractivity contribution in [2.24, 2.45) is 4.99 Å². The molecule has 4 nitrogen and oxygen atoms in total. The molecule has 0 amide bonds. The Morgan fingerprint density at radius 1 is 1.58 bits per heavy atom. The fourth-order valence-electron chi connectivity index (χ4n) is 1.27. The van der Waals surface area contributed by atoms with Gasteiger partial charge in [0.1, 0.15) is 5.82 Å². The number of hydrogen-bond acceptors (Lipinski definition) is 6. The van der Waals surface area contributed by atoms with E-state index in [1.165, 1.54) is 34.1 Å². The predicted octanol–water partition coefficient (Wildman–Crippen LogP) is 3.78. The molecule has 0 saturated carbocycles. The van der Waals surface area contributed by atoms with Crippen LogP contribution in [0.2, 0.25) is 5.15 Å². The van der Waals surface area contributed by atoms with E-state index >= 15 is 0 Å². The topological polar surface area (TPSA) is 51.5 Å². The first kappa shape index (κ1) is 14.6. The molecule has 0 spiro atoms. The molecule has 0 bridgehead atoms. The van der Waals surface area contributed by atoms with Crippen molar-refractivity contribution in [3.8, 4) is 0 Å². The molecule has 0 aliphatic heterocycles. The number of carbonyl (C=O) groups excluding carboxylic acids is 1. The average molecular weight is 384 g/mol. The summed E-state index contributed by atoms with van der Waals surface area (Å²) in [5, 5.41) is 0.238. The lowest BCUT2D eigenvalue weighted by atomic mass is 10.2. The molecule has 0 saturated heterocycles. The minimum Gasteiger partial charge on any atom is -0.465 e. The van der Waals surface area contributed by atoms with Crippen LogP contribution in [0, 0.1) is 5.82 Å². The largest absolute Gasteiger partial charge is 0.465 e. The quantitative estimate of drug-likeness (QED) is 0.586. The standard InChI is InChI=1S/C10H5BrClFN2O2S2/c1-17-10(16)5-2-4(13)3-6(11)7(5)14-9-8(12)15-19-18-9/h2-3H,1H3. The van der Waals surface area contributed by atoms with Crippen LogP contribution in [0.15, 0.2) is 21.6 Å². The van der Waals surface area contributed by atoms with Gasteiger partial charge in [0.05, 0.1) is 18.4 Å². The molecular weight excluding hydrogens is 379 g/mol. The van der Waals surface area contributed by atoms with Gasteiger partial charge in [-0.3, -0.25) is 0 Å². The summed E-state index contributed by atoms with van der Waals surface area (Å²) in [5.41, 5.74) is 0.274. The summed E-state index contributed by atoms with van der Waals surface area (Å²) in [5.74, 6) is -1.24. The molecule has 2 rings (SSSR count). The molecule has 0 fully saturated rings. The van der Waals surface area contributed by atoms with Crippen molar-refractivity contribution in [2.45, 2.75) is 0 Å². The molecule has 0 unspecified atom stereocenters. The Kier molecular flexibility index (Phi) is 4.67. The summed E-state index contributed by atoms with van der Waals surface area (Å²) in [4.78, 5) is 15.9. The monoisotopic (exact) mass is 382 g/mol. The van der Waals surface area contributed by atoms with E-state index in [1.54, 1.807) is 0 Å². The van der Waals surface area contributed by atoms with E-state index in [2.05, 4.69) is 30.0 Å². The second-order valence-corrected chi connectivity index (χ2v) is 6.28. The summed E-state index contributed by atoms with van der Waals surface area (Å²) in [6, 6.07) is 2.28. The first-order valence-corrected chi connectivity index (χ1v) is 8.04. The Balaban J connectivity index is 2.69. The number of benzene rings is 1. The molecule has 0 N–H and O–H groups in total. The third kappa shape index (κ3) is 3.19. The molecule has 100 valence electrons. The summed E-state index contributed by atoms with van der Waals surface area (Å²) < 4.78 is 22.6. The third-order valence-corrected chi connectivity index (χ3v) is 4.83. The zero-order valence-corrected chi connectivity index (χ0v) is 13.3. The smallest absolute Gasteiger partial charge is 0.340 e. The highest BCUT2D eigenvalue weighted by Gasteiger charge is 2.17. The van der Waals surface area contributed by atoms with Crippen LogP contribution in [0.4, 0.5) is 10.1 Å². The molecule has 9 heteroatoms. The van der Waals surface area contributed by atoms with E-state index in [0.717, 1.165) is 6.07 Å². The van der Waals surface area contributed by atoms with Crippen LogP contribution in [-0.2, 0) is 4.74 Å². The number of rotatable bonds is 2. The predicted molar refractivity (Wildman–Crippen MR) is 75.7 cm³/mol. The number of ether oxygens (including phenoxy) is 1. The van der Waals surface area contributed by atoms with Crippen LogP contribution in [0.25, 0.3) is 0 Å². The van der Waals surface area contributed by atoms with E-state index in [0.29, 0.717) is 9.14 Å². The maximum atomic E-state index is 13.3. The van der Waals surface area contributed by atoms with Crippen molar-refractivity contribution >= 4 is 60.1 Å². The highest BCUT2D eigenvalue weighted by molar-refractivity contribution is 9.10. The summed E-state index contributed by atoms with van der Waals surface area (Å²) in [6.45, 7) is 0. The summed E-state index contributed by atoms with van der Waals surface area (Å²) in [7, 11) is 3.64. The Morgan fingerprint density at radius 2 is 2.32 bits per heavy atom. The maximum absolute atomic E-state index is 13.3. The molecule has 1 aromatic carbocycles. The van der Waals surface area contributed by atoms with Crippen LogP contribution >= 0.6 is 48.4 Å². The van der Waals surface area contributed by atoms with Crippen LogP contribution in [0.1, 0.15) is 10.4 Å². The number of halogens is 3. The van der Waals surface area contributed by atoms with Gasteiger partial charge >= 0.3 is 5.97 Å². The van der Waals surface area contributed by atoms with Gasteiger partial charge in [0.2, 0.25) is 0 Å². The molecule has 1 heterocycles.